The lowest BCUT2D eigenvalue weighted by molar-refractivity contribution is 0.235. The molecule has 0 aliphatic heterocycles. The van der Waals surface area contributed by atoms with Gasteiger partial charge in [-0.15, -0.1) is 0 Å². The van der Waals surface area contributed by atoms with E-state index < -0.39 is 0 Å². The molecule has 0 fully saturated rings. The van der Waals surface area contributed by atoms with E-state index in [9.17, 15) is 4.79 Å². The van der Waals surface area contributed by atoms with E-state index in [4.69, 9.17) is 0 Å². The van der Waals surface area contributed by atoms with E-state index >= 15 is 0 Å². The second-order valence-corrected chi connectivity index (χ2v) is 4.88. The summed E-state index contributed by atoms with van der Waals surface area (Å²) in [7, 11) is 0. The summed E-state index contributed by atoms with van der Waals surface area (Å²) in [5.74, 6) is 0. The second-order valence-electron chi connectivity index (χ2n) is 4.88. The quantitative estimate of drug-likeness (QED) is 0.870. The molecule has 0 spiro atoms. The predicted octanol–water partition coefficient (Wildman–Crippen LogP) is 3.81. The Morgan fingerprint density at radius 3 is 1.45 bits per heavy atom. The summed E-state index contributed by atoms with van der Waals surface area (Å²) in [5.41, 5.74) is 2.19. The van der Waals surface area contributed by atoms with Crippen molar-refractivity contribution in [1.29, 1.82) is 0 Å². The molecule has 0 radical (unpaired) electrons. The number of carbonyl (C=O) groups excluding carboxylic acids is 1. The van der Waals surface area contributed by atoms with Crippen molar-refractivity contribution in [3.63, 3.8) is 0 Å². The van der Waals surface area contributed by atoms with Crippen LogP contribution in [0.5, 0.6) is 0 Å². The van der Waals surface area contributed by atoms with Crippen molar-refractivity contribution < 1.29 is 4.79 Å². The van der Waals surface area contributed by atoms with E-state index in [0.29, 0.717) is 0 Å². The first-order chi connectivity index (χ1) is 9.66. The van der Waals surface area contributed by atoms with E-state index in [1.165, 1.54) is 0 Å². The van der Waals surface area contributed by atoms with Crippen LogP contribution in [0, 0.1) is 0 Å². The van der Waals surface area contributed by atoms with Crippen LogP contribution >= 0.6 is 0 Å². The largest absolute Gasteiger partial charge is 0.332 e. The third-order valence-corrected chi connectivity index (χ3v) is 3.29. The Bertz CT molecular complexity index is 490. The lowest BCUT2D eigenvalue weighted by Gasteiger charge is -2.18. The first-order valence-corrected chi connectivity index (χ1v) is 6.83. The molecule has 0 aliphatic rings. The van der Waals surface area contributed by atoms with Crippen LogP contribution in [0.2, 0.25) is 0 Å². The van der Waals surface area contributed by atoms with Crippen LogP contribution in [0.15, 0.2) is 60.7 Å². The van der Waals surface area contributed by atoms with E-state index in [2.05, 4.69) is 10.6 Å². The van der Waals surface area contributed by atoms with Gasteiger partial charge in [0.25, 0.3) is 0 Å². The number of nitrogens with one attached hydrogen (secondary N) is 2. The van der Waals surface area contributed by atoms with Gasteiger partial charge in [0.05, 0.1) is 12.1 Å². The highest BCUT2D eigenvalue weighted by molar-refractivity contribution is 5.74. The number of hydrogen-bond acceptors (Lipinski definition) is 1. The molecule has 104 valence electrons. The van der Waals surface area contributed by atoms with E-state index in [1.807, 2.05) is 74.5 Å². The minimum Gasteiger partial charge on any atom is -0.332 e. The van der Waals surface area contributed by atoms with Crippen molar-refractivity contribution in [2.24, 2.45) is 0 Å². The van der Waals surface area contributed by atoms with Gasteiger partial charge in [-0.25, -0.2) is 4.79 Å². The summed E-state index contributed by atoms with van der Waals surface area (Å²) in [6, 6.07) is 19.7. The fourth-order valence-electron chi connectivity index (χ4n) is 2.09. The zero-order valence-corrected chi connectivity index (χ0v) is 11.8. The number of urea groups is 1. The monoisotopic (exact) mass is 268 g/mol. The lowest BCUT2D eigenvalue weighted by atomic mass is 10.1. The Morgan fingerprint density at radius 2 is 1.10 bits per heavy atom. The predicted molar refractivity (Wildman–Crippen MR) is 81.4 cm³/mol. The van der Waals surface area contributed by atoms with Crippen LogP contribution < -0.4 is 10.6 Å². The third-order valence-electron chi connectivity index (χ3n) is 3.29. The molecule has 0 heterocycles. The summed E-state index contributed by atoms with van der Waals surface area (Å²) in [6.45, 7) is 3.95. The average molecular weight is 268 g/mol. The van der Waals surface area contributed by atoms with Crippen LogP contribution in [0.1, 0.15) is 37.1 Å². The Labute approximate surface area is 120 Å². The summed E-state index contributed by atoms with van der Waals surface area (Å²) in [4.78, 5) is 12.0. The van der Waals surface area contributed by atoms with Gasteiger partial charge in [0.15, 0.2) is 0 Å². The fraction of sp³-hybridized carbons (Fsp3) is 0.235. The van der Waals surface area contributed by atoms with Gasteiger partial charge >= 0.3 is 6.03 Å². The average Bonchev–Trinajstić information content (AvgIpc) is 2.49. The van der Waals surface area contributed by atoms with E-state index in [1.54, 1.807) is 0 Å². The van der Waals surface area contributed by atoms with Crippen molar-refractivity contribution >= 4 is 6.03 Å². The first kappa shape index (κ1) is 14.1. The molecular weight excluding hydrogens is 248 g/mol. The van der Waals surface area contributed by atoms with Crippen LogP contribution in [0.25, 0.3) is 0 Å². The minimum atomic E-state index is -0.155. The van der Waals surface area contributed by atoms with Crippen molar-refractivity contribution in [3.05, 3.63) is 71.8 Å². The van der Waals surface area contributed by atoms with Gasteiger partial charge in [-0.05, 0) is 25.0 Å². The number of rotatable bonds is 4. The Morgan fingerprint density at radius 1 is 0.750 bits per heavy atom. The van der Waals surface area contributed by atoms with Gasteiger partial charge in [0.2, 0.25) is 0 Å². The van der Waals surface area contributed by atoms with Gasteiger partial charge in [0.1, 0.15) is 0 Å². The zero-order valence-electron chi connectivity index (χ0n) is 11.8. The highest BCUT2D eigenvalue weighted by Crippen LogP contribution is 2.13. The third kappa shape index (κ3) is 3.85. The topological polar surface area (TPSA) is 41.1 Å². The summed E-state index contributed by atoms with van der Waals surface area (Å²) in [6.07, 6.45) is 0. The van der Waals surface area contributed by atoms with Gasteiger partial charge in [0, 0.05) is 0 Å². The minimum absolute atomic E-state index is 0.0147. The molecule has 3 nitrogen and oxygen atoms in total. The van der Waals surface area contributed by atoms with Crippen molar-refractivity contribution in [2.75, 3.05) is 0 Å². The molecule has 2 N–H and O–H groups in total. The number of amides is 2. The first-order valence-electron chi connectivity index (χ1n) is 6.83. The molecule has 0 aromatic heterocycles. The molecule has 2 rings (SSSR count). The highest BCUT2D eigenvalue weighted by atomic mass is 16.2. The lowest BCUT2D eigenvalue weighted by Crippen LogP contribution is -2.38. The van der Waals surface area contributed by atoms with E-state index in [-0.39, 0.29) is 18.1 Å². The van der Waals surface area contributed by atoms with Crippen LogP contribution in [0.3, 0.4) is 0 Å². The van der Waals surface area contributed by atoms with Gasteiger partial charge < -0.3 is 10.6 Å². The van der Waals surface area contributed by atoms with Gasteiger partial charge in [-0.1, -0.05) is 60.7 Å². The summed E-state index contributed by atoms with van der Waals surface area (Å²) < 4.78 is 0. The molecule has 0 bridgehead atoms. The molecule has 3 heteroatoms. The Balaban J connectivity index is 1.90. The Kier molecular flexibility index (Phi) is 4.77. The fourth-order valence-corrected chi connectivity index (χ4v) is 2.09. The van der Waals surface area contributed by atoms with Gasteiger partial charge in [-0.2, -0.15) is 0 Å². The number of carbonyl (C=O) groups is 1. The molecule has 2 aromatic carbocycles. The second kappa shape index (κ2) is 6.75. The van der Waals surface area contributed by atoms with Crippen LogP contribution in [-0.2, 0) is 0 Å². The smallest absolute Gasteiger partial charge is 0.315 e. The van der Waals surface area contributed by atoms with Gasteiger partial charge in [-0.3, -0.25) is 0 Å². The number of hydrogen-bond donors (Lipinski definition) is 2. The molecule has 0 saturated carbocycles. The zero-order chi connectivity index (χ0) is 14.4. The maximum Gasteiger partial charge on any atom is 0.315 e. The summed E-state index contributed by atoms with van der Waals surface area (Å²) in [5, 5.41) is 5.89. The standard InChI is InChI=1S/C17H20N2O/c1-13(15-9-5-3-6-10-15)18-17(20)19-14(2)16-11-7-4-8-12-16/h3-14H,1-2H3,(H2,18,19,20)/t13-,14+. The van der Waals surface area contributed by atoms with Crippen LogP contribution in [-0.4, -0.2) is 6.03 Å². The molecule has 0 aliphatic carbocycles. The maximum absolute atomic E-state index is 12.0. The maximum atomic E-state index is 12.0. The molecule has 20 heavy (non-hydrogen) atoms. The SMILES string of the molecule is C[C@H](NC(=O)N[C@H](C)c1ccccc1)c1ccccc1. The molecule has 0 unspecified atom stereocenters. The molecule has 0 saturated heterocycles. The van der Waals surface area contributed by atoms with Crippen molar-refractivity contribution in [2.45, 2.75) is 25.9 Å². The molecule has 2 aromatic rings. The highest BCUT2D eigenvalue weighted by Gasteiger charge is 2.12. The normalized spacial score (nSPS) is 13.3. The molecule has 2 amide bonds. The van der Waals surface area contributed by atoms with Crippen molar-refractivity contribution in [1.82, 2.24) is 10.6 Å². The molecular formula is C17H20N2O. The Hall–Kier alpha value is -2.29. The summed E-state index contributed by atoms with van der Waals surface area (Å²) >= 11 is 0. The van der Waals surface area contributed by atoms with Crippen LogP contribution in [0.4, 0.5) is 4.79 Å². The number of benzene rings is 2. The molecule has 2 atom stereocenters. The van der Waals surface area contributed by atoms with E-state index in [0.717, 1.165) is 11.1 Å². The van der Waals surface area contributed by atoms with Crippen molar-refractivity contribution in [3.8, 4) is 0 Å².